The zero-order valence-corrected chi connectivity index (χ0v) is 7.68. The first-order chi connectivity index (χ1) is 5.63. The van der Waals surface area contributed by atoms with Gasteiger partial charge in [0.15, 0.2) is 0 Å². The van der Waals surface area contributed by atoms with Crippen molar-refractivity contribution >= 4 is 5.91 Å². The smallest absolute Gasteiger partial charge is 0.244 e. The summed E-state index contributed by atoms with van der Waals surface area (Å²) in [4.78, 5) is 10.8. The molecule has 0 aromatic heterocycles. The molecule has 1 fully saturated rings. The molecule has 1 aliphatic heterocycles. The Bertz CT molecular complexity index is 215. The van der Waals surface area contributed by atoms with Crippen molar-refractivity contribution in [3.05, 3.63) is 11.1 Å². The largest absolute Gasteiger partial charge is 0.366 e. The van der Waals surface area contributed by atoms with E-state index in [1.54, 1.807) is 6.92 Å². The summed E-state index contributed by atoms with van der Waals surface area (Å²) in [5.41, 5.74) is 7.06. The van der Waals surface area contributed by atoms with Crippen LogP contribution in [-0.2, 0) is 4.79 Å². The number of carbonyl (C=O) groups is 1. The van der Waals surface area contributed by atoms with Crippen LogP contribution < -0.4 is 11.1 Å². The second-order valence-corrected chi connectivity index (χ2v) is 3.36. The van der Waals surface area contributed by atoms with E-state index in [4.69, 9.17) is 5.73 Å². The van der Waals surface area contributed by atoms with Gasteiger partial charge >= 0.3 is 0 Å². The molecule has 1 atom stereocenters. The molecule has 1 saturated heterocycles. The maximum Gasteiger partial charge on any atom is 0.244 e. The first-order valence-corrected chi connectivity index (χ1v) is 4.31. The van der Waals surface area contributed by atoms with E-state index in [1.165, 1.54) is 0 Å². The minimum atomic E-state index is -0.292. The van der Waals surface area contributed by atoms with Crippen molar-refractivity contribution in [2.24, 2.45) is 11.7 Å². The van der Waals surface area contributed by atoms with Crippen molar-refractivity contribution in [3.8, 4) is 0 Å². The highest BCUT2D eigenvalue weighted by Crippen LogP contribution is 2.20. The van der Waals surface area contributed by atoms with Crippen LogP contribution >= 0.6 is 0 Å². The minimum Gasteiger partial charge on any atom is -0.366 e. The third-order valence-corrected chi connectivity index (χ3v) is 2.63. The maximum atomic E-state index is 10.8. The quantitative estimate of drug-likeness (QED) is 0.587. The van der Waals surface area contributed by atoms with E-state index in [0.717, 1.165) is 30.7 Å². The number of carbonyl (C=O) groups excluding carboxylic acids is 1. The van der Waals surface area contributed by atoms with E-state index < -0.39 is 0 Å². The Hall–Kier alpha value is -0.830. The molecule has 3 nitrogen and oxygen atoms in total. The van der Waals surface area contributed by atoms with Crippen molar-refractivity contribution in [1.29, 1.82) is 0 Å². The van der Waals surface area contributed by atoms with Gasteiger partial charge in [-0.3, -0.25) is 4.79 Å². The van der Waals surface area contributed by atoms with Crippen LogP contribution in [0.15, 0.2) is 11.1 Å². The molecule has 0 radical (unpaired) electrons. The molecular weight excluding hydrogens is 152 g/mol. The number of amides is 1. The van der Waals surface area contributed by atoms with Gasteiger partial charge in [0.1, 0.15) is 0 Å². The topological polar surface area (TPSA) is 55.1 Å². The van der Waals surface area contributed by atoms with Crippen LogP contribution in [0.2, 0.25) is 0 Å². The molecular formula is C9H16N2O. The normalized spacial score (nSPS) is 25.3. The van der Waals surface area contributed by atoms with Crippen molar-refractivity contribution in [2.45, 2.75) is 20.3 Å². The Balaban J connectivity index is 2.72. The molecule has 0 aliphatic carbocycles. The summed E-state index contributed by atoms with van der Waals surface area (Å²) in [5.74, 6) is 0.219. The fraction of sp³-hybridized carbons (Fsp3) is 0.667. The Morgan fingerprint density at radius 1 is 1.50 bits per heavy atom. The average molecular weight is 168 g/mol. The Kier molecular flexibility index (Phi) is 2.87. The van der Waals surface area contributed by atoms with Crippen molar-refractivity contribution in [1.82, 2.24) is 5.32 Å². The van der Waals surface area contributed by atoms with Crippen LogP contribution in [0.1, 0.15) is 20.3 Å². The van der Waals surface area contributed by atoms with Gasteiger partial charge in [-0.05, 0) is 32.7 Å². The summed E-state index contributed by atoms with van der Waals surface area (Å²) in [6.45, 7) is 5.83. The van der Waals surface area contributed by atoms with Crippen LogP contribution in [0.4, 0.5) is 0 Å². The van der Waals surface area contributed by atoms with Crippen molar-refractivity contribution < 1.29 is 4.79 Å². The van der Waals surface area contributed by atoms with E-state index in [0.29, 0.717) is 5.92 Å². The van der Waals surface area contributed by atoms with Gasteiger partial charge < -0.3 is 11.1 Å². The van der Waals surface area contributed by atoms with E-state index in [1.807, 2.05) is 6.92 Å². The van der Waals surface area contributed by atoms with Crippen LogP contribution in [0.5, 0.6) is 0 Å². The second-order valence-electron chi connectivity index (χ2n) is 3.36. The summed E-state index contributed by atoms with van der Waals surface area (Å²) < 4.78 is 0. The van der Waals surface area contributed by atoms with Gasteiger partial charge in [0.05, 0.1) is 0 Å². The van der Waals surface area contributed by atoms with Crippen LogP contribution in [0.3, 0.4) is 0 Å². The third kappa shape index (κ3) is 1.85. The molecule has 68 valence electrons. The standard InChI is InChI=1S/C9H16N2O/c1-6(7(2)9(10)12)8-3-4-11-5-8/h8,11H,3-5H2,1-2H3,(H2,10,12)/b7-6+. The fourth-order valence-electron chi connectivity index (χ4n) is 1.52. The number of primary amides is 1. The van der Waals surface area contributed by atoms with E-state index in [9.17, 15) is 4.79 Å². The molecule has 1 heterocycles. The Morgan fingerprint density at radius 2 is 2.17 bits per heavy atom. The SMILES string of the molecule is C/C(C(N)=O)=C(/C)C1CCNC1. The lowest BCUT2D eigenvalue weighted by Gasteiger charge is -2.11. The van der Waals surface area contributed by atoms with Crippen LogP contribution in [0.25, 0.3) is 0 Å². The molecule has 1 unspecified atom stereocenters. The lowest BCUT2D eigenvalue weighted by atomic mass is 9.95. The van der Waals surface area contributed by atoms with Crippen molar-refractivity contribution in [3.63, 3.8) is 0 Å². The maximum absolute atomic E-state index is 10.8. The van der Waals surface area contributed by atoms with Crippen LogP contribution in [-0.4, -0.2) is 19.0 Å². The molecule has 1 aliphatic rings. The van der Waals surface area contributed by atoms with Crippen molar-refractivity contribution in [2.75, 3.05) is 13.1 Å². The zero-order valence-electron chi connectivity index (χ0n) is 7.68. The number of rotatable bonds is 2. The molecule has 0 bridgehead atoms. The summed E-state index contributed by atoms with van der Waals surface area (Å²) in [6.07, 6.45) is 1.12. The highest BCUT2D eigenvalue weighted by Gasteiger charge is 2.18. The average Bonchev–Trinajstić information content (AvgIpc) is 2.53. The molecule has 3 N–H and O–H groups in total. The fourth-order valence-corrected chi connectivity index (χ4v) is 1.52. The van der Waals surface area contributed by atoms with Gasteiger partial charge in [-0.2, -0.15) is 0 Å². The first kappa shape index (κ1) is 9.26. The molecule has 12 heavy (non-hydrogen) atoms. The van der Waals surface area contributed by atoms with Gasteiger partial charge in [0.2, 0.25) is 5.91 Å². The van der Waals surface area contributed by atoms with Gasteiger partial charge in [-0.15, -0.1) is 0 Å². The summed E-state index contributed by atoms with van der Waals surface area (Å²) in [6, 6.07) is 0. The molecule has 1 amide bonds. The highest BCUT2D eigenvalue weighted by molar-refractivity contribution is 5.92. The monoisotopic (exact) mass is 168 g/mol. The number of hydrogen-bond donors (Lipinski definition) is 2. The number of hydrogen-bond acceptors (Lipinski definition) is 2. The zero-order chi connectivity index (χ0) is 9.14. The Morgan fingerprint density at radius 3 is 2.58 bits per heavy atom. The van der Waals surface area contributed by atoms with Gasteiger partial charge in [-0.1, -0.05) is 5.57 Å². The van der Waals surface area contributed by atoms with Gasteiger partial charge in [0.25, 0.3) is 0 Å². The second kappa shape index (κ2) is 3.72. The molecule has 0 aromatic carbocycles. The summed E-state index contributed by atoms with van der Waals surface area (Å²) >= 11 is 0. The molecule has 0 saturated carbocycles. The minimum absolute atomic E-state index is 0.292. The predicted octanol–water partition coefficient (Wildman–Crippen LogP) is 0.418. The molecule has 0 aromatic rings. The van der Waals surface area contributed by atoms with E-state index in [-0.39, 0.29) is 5.91 Å². The number of nitrogens with one attached hydrogen (secondary N) is 1. The third-order valence-electron chi connectivity index (χ3n) is 2.63. The predicted molar refractivity (Wildman–Crippen MR) is 48.5 cm³/mol. The van der Waals surface area contributed by atoms with E-state index >= 15 is 0 Å². The van der Waals surface area contributed by atoms with Gasteiger partial charge in [-0.25, -0.2) is 0 Å². The first-order valence-electron chi connectivity index (χ1n) is 4.31. The highest BCUT2D eigenvalue weighted by atomic mass is 16.1. The summed E-state index contributed by atoms with van der Waals surface area (Å²) in [7, 11) is 0. The lowest BCUT2D eigenvalue weighted by molar-refractivity contribution is -0.114. The number of nitrogens with two attached hydrogens (primary N) is 1. The van der Waals surface area contributed by atoms with Crippen LogP contribution in [0, 0.1) is 5.92 Å². The molecule has 1 rings (SSSR count). The summed E-state index contributed by atoms with van der Waals surface area (Å²) in [5, 5.41) is 3.26. The van der Waals surface area contributed by atoms with E-state index in [2.05, 4.69) is 5.32 Å². The Labute approximate surface area is 73.0 Å². The molecule has 0 spiro atoms. The molecule has 3 heteroatoms. The van der Waals surface area contributed by atoms with Gasteiger partial charge in [0, 0.05) is 12.1 Å². The lowest BCUT2D eigenvalue weighted by Crippen LogP contribution is -2.17.